The van der Waals surface area contributed by atoms with Crippen LogP contribution in [-0.4, -0.2) is 7.11 Å². The molecule has 18 heavy (non-hydrogen) atoms. The Balaban J connectivity index is 2.48. The van der Waals surface area contributed by atoms with Gasteiger partial charge in [-0.15, -0.1) is 11.6 Å². The number of ether oxygens (including phenoxy) is 1. The predicted molar refractivity (Wildman–Crippen MR) is 68.8 cm³/mol. The molecule has 2 rings (SSSR count). The summed E-state index contributed by atoms with van der Waals surface area (Å²) in [4.78, 5) is 0. The Bertz CT molecular complexity index is 563. The van der Waals surface area contributed by atoms with Gasteiger partial charge in [0, 0.05) is 11.1 Å². The fourth-order valence-corrected chi connectivity index (χ4v) is 2.36. The quantitative estimate of drug-likeness (QED) is 0.771. The number of halogens is 2. The largest absolute Gasteiger partial charge is 0.496 e. The molecule has 0 amide bonds. The zero-order valence-electron chi connectivity index (χ0n) is 10.5. The maximum atomic E-state index is 13.3. The van der Waals surface area contributed by atoms with Gasteiger partial charge in [-0.3, -0.25) is 0 Å². The molecule has 0 aliphatic carbocycles. The highest BCUT2D eigenvalue weighted by molar-refractivity contribution is 6.22. The van der Waals surface area contributed by atoms with E-state index in [4.69, 9.17) is 20.8 Å². The average molecular weight is 269 g/mol. The van der Waals surface area contributed by atoms with Crippen LogP contribution in [0.1, 0.15) is 28.0 Å². The number of hydrogen-bond donors (Lipinski definition) is 0. The van der Waals surface area contributed by atoms with Crippen LogP contribution in [-0.2, 0) is 0 Å². The van der Waals surface area contributed by atoms with Crippen LogP contribution < -0.4 is 4.74 Å². The number of benzene rings is 1. The molecular formula is C14H14ClFO2. The highest BCUT2D eigenvalue weighted by atomic mass is 35.5. The van der Waals surface area contributed by atoms with Crippen molar-refractivity contribution in [2.75, 3.05) is 7.11 Å². The van der Waals surface area contributed by atoms with Gasteiger partial charge in [0.1, 0.15) is 23.1 Å². The average Bonchev–Trinajstić information content (AvgIpc) is 2.67. The van der Waals surface area contributed by atoms with Gasteiger partial charge in [0.25, 0.3) is 0 Å². The minimum Gasteiger partial charge on any atom is -0.496 e. The number of methoxy groups -OCH3 is 1. The summed E-state index contributed by atoms with van der Waals surface area (Å²) in [6, 6.07) is 6.16. The van der Waals surface area contributed by atoms with Crippen molar-refractivity contribution in [2.24, 2.45) is 0 Å². The molecule has 2 nitrogen and oxygen atoms in total. The zero-order valence-corrected chi connectivity index (χ0v) is 11.2. The van der Waals surface area contributed by atoms with Crippen LogP contribution in [0.2, 0.25) is 0 Å². The molecule has 0 fully saturated rings. The summed E-state index contributed by atoms with van der Waals surface area (Å²) in [7, 11) is 1.54. The van der Waals surface area contributed by atoms with E-state index in [-0.39, 0.29) is 5.82 Å². The third-order valence-corrected chi connectivity index (χ3v) is 3.29. The number of rotatable bonds is 3. The van der Waals surface area contributed by atoms with Gasteiger partial charge in [-0.25, -0.2) is 4.39 Å². The first-order chi connectivity index (χ1) is 8.52. The summed E-state index contributed by atoms with van der Waals surface area (Å²) in [5.74, 6) is 1.74. The standard InChI is InChI=1S/C14H14ClFO2/c1-8-6-11(9(2)18-8)14(15)12-7-10(16)4-5-13(12)17-3/h4-7,14H,1-3H3. The fourth-order valence-electron chi connectivity index (χ4n) is 1.97. The molecule has 0 spiro atoms. The molecule has 0 radical (unpaired) electrons. The van der Waals surface area contributed by atoms with E-state index in [1.54, 1.807) is 6.07 Å². The first kappa shape index (κ1) is 13.0. The molecule has 0 aliphatic rings. The number of aryl methyl sites for hydroxylation is 2. The summed E-state index contributed by atoms with van der Waals surface area (Å²) < 4.78 is 24.0. The molecule has 0 bridgehead atoms. The summed E-state index contributed by atoms with van der Waals surface area (Å²) in [5, 5.41) is -0.493. The Kier molecular flexibility index (Phi) is 3.62. The Labute approximate surface area is 110 Å². The van der Waals surface area contributed by atoms with Gasteiger partial charge in [-0.1, -0.05) is 0 Å². The van der Waals surface area contributed by atoms with E-state index >= 15 is 0 Å². The Morgan fingerprint density at radius 2 is 1.94 bits per heavy atom. The number of alkyl halides is 1. The second-order valence-corrected chi connectivity index (χ2v) is 4.55. The van der Waals surface area contributed by atoms with Crippen molar-refractivity contribution < 1.29 is 13.5 Å². The number of furan rings is 1. The maximum Gasteiger partial charge on any atom is 0.124 e. The lowest BCUT2D eigenvalue weighted by molar-refractivity contribution is 0.408. The molecular weight excluding hydrogens is 255 g/mol. The van der Waals surface area contributed by atoms with Crippen molar-refractivity contribution in [3.05, 3.63) is 52.7 Å². The monoisotopic (exact) mass is 268 g/mol. The number of hydrogen-bond acceptors (Lipinski definition) is 2. The van der Waals surface area contributed by atoms with Gasteiger partial charge in [-0.2, -0.15) is 0 Å². The second kappa shape index (κ2) is 5.02. The fraction of sp³-hybridized carbons (Fsp3) is 0.286. The minimum atomic E-state index is -0.493. The third-order valence-electron chi connectivity index (χ3n) is 2.82. The van der Waals surface area contributed by atoms with Gasteiger partial charge in [0.05, 0.1) is 12.5 Å². The van der Waals surface area contributed by atoms with E-state index in [1.165, 1.54) is 19.2 Å². The van der Waals surface area contributed by atoms with Gasteiger partial charge >= 0.3 is 0 Å². The molecule has 4 heteroatoms. The van der Waals surface area contributed by atoms with E-state index in [0.717, 1.165) is 17.1 Å². The van der Waals surface area contributed by atoms with Crippen molar-refractivity contribution in [3.63, 3.8) is 0 Å². The highest BCUT2D eigenvalue weighted by Crippen LogP contribution is 2.37. The molecule has 0 saturated carbocycles. The van der Waals surface area contributed by atoms with Crippen molar-refractivity contribution in [1.29, 1.82) is 0 Å². The first-order valence-electron chi connectivity index (χ1n) is 5.57. The van der Waals surface area contributed by atoms with Crippen LogP contribution in [0.4, 0.5) is 4.39 Å². The molecule has 1 aromatic heterocycles. The molecule has 1 heterocycles. The molecule has 0 N–H and O–H groups in total. The lowest BCUT2D eigenvalue weighted by Gasteiger charge is -2.13. The first-order valence-corrected chi connectivity index (χ1v) is 6.01. The smallest absolute Gasteiger partial charge is 0.124 e. The zero-order chi connectivity index (χ0) is 13.3. The van der Waals surface area contributed by atoms with Crippen LogP contribution in [0.15, 0.2) is 28.7 Å². The van der Waals surface area contributed by atoms with E-state index in [2.05, 4.69) is 0 Å². The third kappa shape index (κ3) is 2.36. The lowest BCUT2D eigenvalue weighted by Crippen LogP contribution is -1.98. The summed E-state index contributed by atoms with van der Waals surface area (Å²) in [6.07, 6.45) is 0. The lowest BCUT2D eigenvalue weighted by atomic mass is 10.0. The topological polar surface area (TPSA) is 22.4 Å². The second-order valence-electron chi connectivity index (χ2n) is 4.12. The molecule has 0 saturated heterocycles. The SMILES string of the molecule is COc1ccc(F)cc1C(Cl)c1cc(C)oc1C. The summed E-state index contributed by atoms with van der Waals surface area (Å²) in [5.41, 5.74) is 1.43. The molecule has 2 aromatic rings. The van der Waals surface area contributed by atoms with Crippen LogP contribution in [0, 0.1) is 19.7 Å². The maximum absolute atomic E-state index is 13.3. The van der Waals surface area contributed by atoms with Gasteiger partial charge in [-0.05, 0) is 38.1 Å². The van der Waals surface area contributed by atoms with Crippen molar-refractivity contribution in [1.82, 2.24) is 0 Å². The molecule has 1 aromatic carbocycles. The van der Waals surface area contributed by atoms with Crippen LogP contribution in [0.3, 0.4) is 0 Å². The van der Waals surface area contributed by atoms with Crippen molar-refractivity contribution in [3.8, 4) is 5.75 Å². The summed E-state index contributed by atoms with van der Waals surface area (Å²) in [6.45, 7) is 3.69. The van der Waals surface area contributed by atoms with Crippen LogP contribution in [0.25, 0.3) is 0 Å². The van der Waals surface area contributed by atoms with Crippen LogP contribution in [0.5, 0.6) is 5.75 Å². The van der Waals surface area contributed by atoms with Gasteiger partial charge in [0.2, 0.25) is 0 Å². The van der Waals surface area contributed by atoms with E-state index < -0.39 is 5.38 Å². The minimum absolute atomic E-state index is 0.339. The van der Waals surface area contributed by atoms with Crippen molar-refractivity contribution >= 4 is 11.6 Å². The predicted octanol–water partition coefficient (Wildman–Crippen LogP) is 4.37. The Hall–Kier alpha value is -1.48. The van der Waals surface area contributed by atoms with E-state index in [0.29, 0.717) is 11.3 Å². The highest BCUT2D eigenvalue weighted by Gasteiger charge is 2.20. The Morgan fingerprint density at radius 1 is 1.22 bits per heavy atom. The van der Waals surface area contributed by atoms with Crippen molar-refractivity contribution in [2.45, 2.75) is 19.2 Å². The van der Waals surface area contributed by atoms with E-state index in [9.17, 15) is 4.39 Å². The van der Waals surface area contributed by atoms with Crippen LogP contribution >= 0.6 is 11.6 Å². The summed E-state index contributed by atoms with van der Waals surface area (Å²) >= 11 is 6.40. The Morgan fingerprint density at radius 3 is 2.50 bits per heavy atom. The molecule has 1 unspecified atom stereocenters. The molecule has 0 aliphatic heterocycles. The molecule has 1 atom stereocenters. The normalized spacial score (nSPS) is 12.5. The molecule has 96 valence electrons. The van der Waals surface area contributed by atoms with Gasteiger partial charge < -0.3 is 9.15 Å². The van der Waals surface area contributed by atoms with Gasteiger partial charge in [0.15, 0.2) is 0 Å². The van der Waals surface area contributed by atoms with E-state index in [1.807, 2.05) is 19.9 Å².